The highest BCUT2D eigenvalue weighted by atomic mass is 35.5. The van der Waals surface area contributed by atoms with Gasteiger partial charge in [-0.15, -0.1) is 23.2 Å². The van der Waals surface area contributed by atoms with Crippen LogP contribution in [0.4, 0.5) is 11.4 Å². The minimum Gasteiger partial charge on any atom is -0.325 e. The molecule has 1 saturated carbocycles. The van der Waals surface area contributed by atoms with Gasteiger partial charge in [-0.25, -0.2) is 0 Å². The Morgan fingerprint density at radius 1 is 1.21 bits per heavy atom. The molecule has 1 fully saturated rings. The summed E-state index contributed by atoms with van der Waals surface area (Å²) in [6.07, 6.45) is 0.285. The number of anilines is 1. The molecule has 1 atom stereocenters. The highest BCUT2D eigenvalue weighted by Crippen LogP contribution is 2.65. The van der Waals surface area contributed by atoms with Gasteiger partial charge in [-0.05, 0) is 18.1 Å². The Balaban J connectivity index is 1.95. The number of non-ortho nitro benzene ring substituents is 1. The lowest BCUT2D eigenvalue weighted by atomic mass is 9.94. The molecule has 5 nitrogen and oxygen atoms in total. The van der Waals surface area contributed by atoms with Crippen LogP contribution in [0.3, 0.4) is 0 Å². The Kier molecular flexibility index (Phi) is 4.01. The molecular formula is C17H14Cl2N2O3. The number of carbonyl (C=O) groups excluding carboxylic acids is 1. The molecule has 0 bridgehead atoms. The van der Waals surface area contributed by atoms with Crippen molar-refractivity contribution in [1.82, 2.24) is 0 Å². The minimum atomic E-state index is -1.20. The number of nitro groups is 1. The number of halogens is 2. The number of amides is 1. The van der Waals surface area contributed by atoms with Crippen LogP contribution in [0.1, 0.15) is 17.5 Å². The van der Waals surface area contributed by atoms with Crippen LogP contribution in [0, 0.1) is 17.0 Å². The Bertz CT molecular complexity index is 824. The quantitative estimate of drug-likeness (QED) is 0.497. The Morgan fingerprint density at radius 2 is 1.83 bits per heavy atom. The molecule has 1 N–H and O–H groups in total. The van der Waals surface area contributed by atoms with Gasteiger partial charge in [0.15, 0.2) is 0 Å². The van der Waals surface area contributed by atoms with Gasteiger partial charge in [-0.1, -0.05) is 36.4 Å². The molecule has 2 aromatic rings. The topological polar surface area (TPSA) is 72.2 Å². The molecule has 0 heterocycles. The first-order chi connectivity index (χ1) is 11.3. The van der Waals surface area contributed by atoms with E-state index in [0.29, 0.717) is 11.3 Å². The molecule has 1 aliphatic carbocycles. The van der Waals surface area contributed by atoms with Crippen molar-refractivity contribution in [1.29, 1.82) is 0 Å². The van der Waals surface area contributed by atoms with Crippen molar-refractivity contribution < 1.29 is 9.72 Å². The Hall–Kier alpha value is -2.11. The molecule has 1 aliphatic rings. The fourth-order valence-electron chi connectivity index (χ4n) is 2.79. The van der Waals surface area contributed by atoms with Crippen molar-refractivity contribution in [3.63, 3.8) is 0 Å². The van der Waals surface area contributed by atoms with Gasteiger partial charge < -0.3 is 5.32 Å². The fourth-order valence-corrected chi connectivity index (χ4v) is 3.58. The summed E-state index contributed by atoms with van der Waals surface area (Å²) in [5.41, 5.74) is 0.654. The van der Waals surface area contributed by atoms with Crippen LogP contribution in [-0.2, 0) is 10.2 Å². The predicted octanol–water partition coefficient (Wildman–Crippen LogP) is 4.36. The summed E-state index contributed by atoms with van der Waals surface area (Å²) < 4.78 is -1.20. The smallest absolute Gasteiger partial charge is 0.271 e. The third kappa shape index (κ3) is 2.64. The molecule has 2 aromatic carbocycles. The number of nitro benzene ring substituents is 1. The molecular weight excluding hydrogens is 351 g/mol. The zero-order valence-corrected chi connectivity index (χ0v) is 14.3. The molecule has 0 radical (unpaired) electrons. The van der Waals surface area contributed by atoms with Crippen LogP contribution in [-0.4, -0.2) is 15.2 Å². The highest BCUT2D eigenvalue weighted by Gasteiger charge is 2.72. The van der Waals surface area contributed by atoms with Crippen LogP contribution >= 0.6 is 23.2 Å². The standard InChI is InChI=1S/C17H14Cl2N2O3/c1-11-7-8-13(21(23)24)9-14(11)20-15(22)16(10-17(16,18)19)12-5-3-2-4-6-12/h2-9H,10H2,1H3,(H,20,22)/t16-/m1/s1. The van der Waals surface area contributed by atoms with Gasteiger partial charge in [0.1, 0.15) is 9.75 Å². The van der Waals surface area contributed by atoms with Gasteiger partial charge in [0.25, 0.3) is 5.69 Å². The number of hydrogen-bond acceptors (Lipinski definition) is 3. The maximum absolute atomic E-state index is 12.9. The number of rotatable bonds is 4. The summed E-state index contributed by atoms with van der Waals surface area (Å²) in [6, 6.07) is 13.4. The lowest BCUT2D eigenvalue weighted by Gasteiger charge is -2.19. The number of nitrogens with one attached hydrogen (secondary N) is 1. The van der Waals surface area contributed by atoms with E-state index in [1.165, 1.54) is 12.1 Å². The van der Waals surface area contributed by atoms with Crippen LogP contribution in [0.25, 0.3) is 0 Å². The van der Waals surface area contributed by atoms with Crippen LogP contribution < -0.4 is 5.32 Å². The first-order valence-electron chi connectivity index (χ1n) is 7.28. The first-order valence-corrected chi connectivity index (χ1v) is 8.03. The second-order valence-electron chi connectivity index (χ2n) is 5.86. The van der Waals surface area contributed by atoms with Crippen molar-refractivity contribution >= 4 is 40.5 Å². The normalized spacial score (nSPS) is 21.1. The van der Waals surface area contributed by atoms with Crippen molar-refractivity contribution in [3.05, 3.63) is 69.8 Å². The molecule has 0 aliphatic heterocycles. The summed E-state index contributed by atoms with van der Waals surface area (Å²) in [4.78, 5) is 23.3. The predicted molar refractivity (Wildman–Crippen MR) is 93.6 cm³/mol. The van der Waals surface area contributed by atoms with Crippen molar-refractivity contribution in [2.75, 3.05) is 5.32 Å². The summed E-state index contributed by atoms with van der Waals surface area (Å²) in [5, 5.41) is 13.7. The molecule has 124 valence electrons. The second kappa shape index (κ2) is 5.76. The summed E-state index contributed by atoms with van der Waals surface area (Å²) in [5.74, 6) is -0.373. The van der Waals surface area contributed by atoms with E-state index in [9.17, 15) is 14.9 Å². The molecule has 3 rings (SSSR count). The van der Waals surface area contributed by atoms with E-state index in [-0.39, 0.29) is 18.0 Å². The lowest BCUT2D eigenvalue weighted by Crippen LogP contribution is -2.32. The number of nitrogens with zero attached hydrogens (tertiary/aromatic N) is 1. The van der Waals surface area contributed by atoms with Gasteiger partial charge >= 0.3 is 0 Å². The number of carbonyl (C=O) groups is 1. The van der Waals surface area contributed by atoms with Gasteiger partial charge in [-0.2, -0.15) is 0 Å². The summed E-state index contributed by atoms with van der Waals surface area (Å²) in [6.45, 7) is 1.76. The minimum absolute atomic E-state index is 0.0940. The molecule has 24 heavy (non-hydrogen) atoms. The third-order valence-electron chi connectivity index (χ3n) is 4.32. The molecule has 0 unspecified atom stereocenters. The van der Waals surface area contributed by atoms with Gasteiger partial charge in [-0.3, -0.25) is 14.9 Å². The first kappa shape index (κ1) is 16.7. The van der Waals surface area contributed by atoms with E-state index in [4.69, 9.17) is 23.2 Å². The zero-order chi connectivity index (χ0) is 17.5. The lowest BCUT2D eigenvalue weighted by molar-refractivity contribution is -0.384. The molecule has 1 amide bonds. The van der Waals surface area contributed by atoms with Gasteiger partial charge in [0.2, 0.25) is 5.91 Å². The third-order valence-corrected chi connectivity index (χ3v) is 5.23. The number of hydrogen-bond donors (Lipinski definition) is 1. The molecule has 0 saturated heterocycles. The summed E-state index contributed by atoms with van der Waals surface area (Å²) in [7, 11) is 0. The molecule has 7 heteroatoms. The van der Waals surface area contributed by atoms with E-state index in [1.807, 2.05) is 18.2 Å². The van der Waals surface area contributed by atoms with Gasteiger partial charge in [0, 0.05) is 18.6 Å². The SMILES string of the molecule is Cc1ccc([N+](=O)[O-])cc1NC(=O)[C@]1(c2ccccc2)CC1(Cl)Cl. The van der Waals surface area contributed by atoms with E-state index >= 15 is 0 Å². The van der Waals surface area contributed by atoms with Crippen LogP contribution in [0.2, 0.25) is 0 Å². The fraction of sp³-hybridized carbons (Fsp3) is 0.235. The van der Waals surface area contributed by atoms with Gasteiger partial charge in [0.05, 0.1) is 10.6 Å². The van der Waals surface area contributed by atoms with E-state index in [1.54, 1.807) is 25.1 Å². The Morgan fingerprint density at radius 3 is 2.38 bits per heavy atom. The van der Waals surface area contributed by atoms with Crippen LogP contribution in [0.15, 0.2) is 48.5 Å². The van der Waals surface area contributed by atoms with Crippen LogP contribution in [0.5, 0.6) is 0 Å². The number of benzene rings is 2. The summed E-state index contributed by atoms with van der Waals surface area (Å²) >= 11 is 12.6. The average molecular weight is 365 g/mol. The average Bonchev–Trinajstić information content (AvgIpc) is 3.14. The second-order valence-corrected chi connectivity index (χ2v) is 7.35. The van der Waals surface area contributed by atoms with E-state index < -0.39 is 14.7 Å². The van der Waals surface area contributed by atoms with E-state index in [2.05, 4.69) is 5.32 Å². The maximum atomic E-state index is 12.9. The van der Waals surface area contributed by atoms with Crippen molar-refractivity contribution in [2.24, 2.45) is 0 Å². The zero-order valence-electron chi connectivity index (χ0n) is 12.8. The maximum Gasteiger partial charge on any atom is 0.271 e. The van der Waals surface area contributed by atoms with E-state index in [0.717, 1.165) is 5.56 Å². The largest absolute Gasteiger partial charge is 0.325 e. The highest BCUT2D eigenvalue weighted by molar-refractivity contribution is 6.54. The Labute approximate surface area is 148 Å². The number of aryl methyl sites for hydroxylation is 1. The van der Waals surface area contributed by atoms with Crippen molar-refractivity contribution in [2.45, 2.75) is 23.1 Å². The molecule has 0 aromatic heterocycles. The van der Waals surface area contributed by atoms with Crippen molar-refractivity contribution in [3.8, 4) is 0 Å². The number of alkyl halides is 2. The molecule has 0 spiro atoms. The monoisotopic (exact) mass is 364 g/mol.